The molecular weight excluding hydrogens is 360 g/mol. The zero-order valence-corrected chi connectivity index (χ0v) is 16.2. The van der Waals surface area contributed by atoms with E-state index < -0.39 is 0 Å². The maximum Gasteiger partial charge on any atom is 0.258 e. The van der Waals surface area contributed by atoms with Crippen molar-refractivity contribution in [3.05, 3.63) is 22.2 Å². The Bertz CT molecular complexity index is 527. The number of hydrogen-bond donors (Lipinski definition) is 2. The Balaban J connectivity index is 2.84. The number of halogens is 1. The van der Waals surface area contributed by atoms with Crippen LogP contribution in [0.3, 0.4) is 0 Å². The van der Waals surface area contributed by atoms with E-state index in [4.69, 9.17) is 9.47 Å². The molecule has 0 atom stereocenters. The standard InChI is InChI=1S/C17H27BrN2O3/c1-6-19-10-12-8-14(22-7-2)15(9-13(12)18)23-11-16(21)20-17(3,4)5/h8-9,19H,6-7,10-11H2,1-5H3,(H,20,21). The molecule has 0 saturated carbocycles. The number of benzene rings is 1. The molecule has 5 nitrogen and oxygen atoms in total. The van der Waals surface area contributed by atoms with Gasteiger partial charge in [-0.25, -0.2) is 0 Å². The lowest BCUT2D eigenvalue weighted by atomic mass is 10.1. The Hall–Kier alpha value is -1.27. The highest BCUT2D eigenvalue weighted by Gasteiger charge is 2.16. The Morgan fingerprint density at radius 2 is 1.83 bits per heavy atom. The number of ether oxygens (including phenoxy) is 2. The maximum absolute atomic E-state index is 11.9. The Kier molecular flexibility index (Phi) is 7.85. The molecule has 0 radical (unpaired) electrons. The first-order chi connectivity index (χ1) is 10.8. The van der Waals surface area contributed by atoms with Gasteiger partial charge in [0, 0.05) is 16.6 Å². The van der Waals surface area contributed by atoms with Gasteiger partial charge in [-0.3, -0.25) is 4.79 Å². The lowest BCUT2D eigenvalue weighted by Crippen LogP contribution is -2.43. The lowest BCUT2D eigenvalue weighted by Gasteiger charge is -2.21. The minimum atomic E-state index is -0.278. The van der Waals surface area contributed by atoms with Crippen molar-refractivity contribution in [1.29, 1.82) is 0 Å². The fourth-order valence-corrected chi connectivity index (χ4v) is 2.41. The summed E-state index contributed by atoms with van der Waals surface area (Å²) in [6.07, 6.45) is 0. The number of hydrogen-bond acceptors (Lipinski definition) is 4. The number of carbonyl (C=O) groups excluding carboxylic acids is 1. The van der Waals surface area contributed by atoms with Crippen LogP contribution in [0.1, 0.15) is 40.2 Å². The summed E-state index contributed by atoms with van der Waals surface area (Å²) in [6.45, 7) is 11.9. The van der Waals surface area contributed by atoms with E-state index in [0.717, 1.165) is 23.1 Å². The third-order valence-corrected chi connectivity index (χ3v) is 3.59. The molecule has 0 aliphatic carbocycles. The normalized spacial score (nSPS) is 11.2. The van der Waals surface area contributed by atoms with Crippen molar-refractivity contribution in [2.24, 2.45) is 0 Å². The van der Waals surface area contributed by atoms with Crippen molar-refractivity contribution in [1.82, 2.24) is 10.6 Å². The van der Waals surface area contributed by atoms with Gasteiger partial charge in [0.1, 0.15) is 0 Å². The highest BCUT2D eigenvalue weighted by atomic mass is 79.9. The summed E-state index contributed by atoms with van der Waals surface area (Å²) in [6, 6.07) is 3.79. The maximum atomic E-state index is 11.9. The van der Waals surface area contributed by atoms with Gasteiger partial charge in [-0.1, -0.05) is 22.9 Å². The average molecular weight is 387 g/mol. The van der Waals surface area contributed by atoms with E-state index in [-0.39, 0.29) is 18.1 Å². The molecule has 0 spiro atoms. The molecule has 1 aromatic rings. The number of amides is 1. The van der Waals surface area contributed by atoms with Gasteiger partial charge in [-0.2, -0.15) is 0 Å². The van der Waals surface area contributed by atoms with Gasteiger partial charge in [-0.05, 0) is 51.9 Å². The lowest BCUT2D eigenvalue weighted by molar-refractivity contribution is -0.124. The van der Waals surface area contributed by atoms with Crippen molar-refractivity contribution < 1.29 is 14.3 Å². The van der Waals surface area contributed by atoms with Gasteiger partial charge in [0.2, 0.25) is 0 Å². The molecule has 0 aliphatic rings. The molecule has 2 N–H and O–H groups in total. The fraction of sp³-hybridized carbons (Fsp3) is 0.588. The molecule has 23 heavy (non-hydrogen) atoms. The quantitative estimate of drug-likeness (QED) is 0.719. The van der Waals surface area contributed by atoms with Crippen LogP contribution >= 0.6 is 15.9 Å². The highest BCUT2D eigenvalue weighted by molar-refractivity contribution is 9.10. The van der Waals surface area contributed by atoms with Crippen LogP contribution in [0.25, 0.3) is 0 Å². The van der Waals surface area contributed by atoms with Crippen molar-refractivity contribution >= 4 is 21.8 Å². The second-order valence-corrected chi connectivity index (χ2v) is 7.04. The summed E-state index contributed by atoms with van der Waals surface area (Å²) in [5, 5.41) is 6.15. The number of nitrogens with one attached hydrogen (secondary N) is 2. The predicted molar refractivity (Wildman–Crippen MR) is 96.1 cm³/mol. The molecule has 1 aromatic carbocycles. The van der Waals surface area contributed by atoms with Gasteiger partial charge >= 0.3 is 0 Å². The van der Waals surface area contributed by atoms with E-state index in [0.29, 0.717) is 18.1 Å². The van der Waals surface area contributed by atoms with Gasteiger partial charge in [0.15, 0.2) is 18.1 Å². The summed E-state index contributed by atoms with van der Waals surface area (Å²) in [4.78, 5) is 11.9. The largest absolute Gasteiger partial charge is 0.490 e. The van der Waals surface area contributed by atoms with Crippen LogP contribution in [-0.4, -0.2) is 31.2 Å². The Labute approximate surface area is 147 Å². The van der Waals surface area contributed by atoms with Crippen molar-refractivity contribution in [2.45, 2.75) is 46.7 Å². The first kappa shape index (κ1) is 19.8. The molecule has 0 aliphatic heterocycles. The van der Waals surface area contributed by atoms with E-state index in [9.17, 15) is 4.79 Å². The summed E-state index contributed by atoms with van der Waals surface area (Å²) in [7, 11) is 0. The molecule has 130 valence electrons. The minimum Gasteiger partial charge on any atom is -0.490 e. The molecule has 0 bridgehead atoms. The molecule has 0 fully saturated rings. The zero-order valence-electron chi connectivity index (χ0n) is 14.6. The van der Waals surface area contributed by atoms with Crippen LogP contribution in [0.4, 0.5) is 0 Å². The van der Waals surface area contributed by atoms with Crippen molar-refractivity contribution in [2.75, 3.05) is 19.8 Å². The van der Waals surface area contributed by atoms with Crippen LogP contribution < -0.4 is 20.1 Å². The van der Waals surface area contributed by atoms with Gasteiger partial charge < -0.3 is 20.1 Å². The molecule has 6 heteroatoms. The molecule has 0 unspecified atom stereocenters. The van der Waals surface area contributed by atoms with Gasteiger partial charge in [-0.15, -0.1) is 0 Å². The van der Waals surface area contributed by atoms with E-state index in [1.165, 1.54) is 0 Å². The third kappa shape index (κ3) is 7.22. The van der Waals surface area contributed by atoms with Crippen molar-refractivity contribution in [3.63, 3.8) is 0 Å². The summed E-state index contributed by atoms with van der Waals surface area (Å²) in [5.41, 5.74) is 0.807. The molecule has 1 amide bonds. The van der Waals surface area contributed by atoms with Crippen molar-refractivity contribution in [3.8, 4) is 11.5 Å². The summed E-state index contributed by atoms with van der Waals surface area (Å²) < 4.78 is 12.2. The molecule has 0 heterocycles. The summed E-state index contributed by atoms with van der Waals surface area (Å²) >= 11 is 3.54. The minimum absolute atomic E-state index is 0.0453. The average Bonchev–Trinajstić information content (AvgIpc) is 2.44. The van der Waals surface area contributed by atoms with Gasteiger partial charge in [0.05, 0.1) is 6.61 Å². The smallest absolute Gasteiger partial charge is 0.258 e. The monoisotopic (exact) mass is 386 g/mol. The molecular formula is C17H27BrN2O3. The summed E-state index contributed by atoms with van der Waals surface area (Å²) in [5.74, 6) is 1.04. The predicted octanol–water partition coefficient (Wildman–Crippen LogP) is 3.25. The van der Waals surface area contributed by atoms with Crippen LogP contribution in [0.15, 0.2) is 16.6 Å². The third-order valence-electron chi connectivity index (χ3n) is 2.85. The molecule has 0 saturated heterocycles. The van der Waals surface area contributed by atoms with Crippen LogP contribution in [0.5, 0.6) is 11.5 Å². The second kappa shape index (κ2) is 9.13. The zero-order chi connectivity index (χ0) is 17.5. The van der Waals surface area contributed by atoms with E-state index >= 15 is 0 Å². The first-order valence-corrected chi connectivity index (χ1v) is 8.65. The Morgan fingerprint density at radius 1 is 1.17 bits per heavy atom. The second-order valence-electron chi connectivity index (χ2n) is 6.19. The van der Waals surface area contributed by atoms with Crippen LogP contribution in [0, 0.1) is 0 Å². The van der Waals surface area contributed by atoms with E-state index in [2.05, 4.69) is 33.5 Å². The SMILES string of the molecule is CCNCc1cc(OCC)c(OCC(=O)NC(C)(C)C)cc1Br. The van der Waals surface area contributed by atoms with Crippen LogP contribution in [0.2, 0.25) is 0 Å². The van der Waals surface area contributed by atoms with Gasteiger partial charge in [0.25, 0.3) is 5.91 Å². The molecule has 1 rings (SSSR count). The van der Waals surface area contributed by atoms with E-state index in [1.54, 1.807) is 0 Å². The number of carbonyl (C=O) groups is 1. The van der Waals surface area contributed by atoms with Crippen LogP contribution in [-0.2, 0) is 11.3 Å². The Morgan fingerprint density at radius 3 is 2.39 bits per heavy atom. The highest BCUT2D eigenvalue weighted by Crippen LogP contribution is 2.33. The van der Waals surface area contributed by atoms with E-state index in [1.807, 2.05) is 39.8 Å². The molecule has 0 aromatic heterocycles. The first-order valence-electron chi connectivity index (χ1n) is 7.86. The fourth-order valence-electron chi connectivity index (χ4n) is 1.95. The number of rotatable bonds is 8. The topological polar surface area (TPSA) is 59.6 Å².